The Balaban J connectivity index is 2.84. The van der Waals surface area contributed by atoms with Gasteiger partial charge in [-0.2, -0.15) is 0 Å². The van der Waals surface area contributed by atoms with E-state index in [2.05, 4.69) is 11.6 Å². The molecule has 110 valence electrons. The Labute approximate surface area is 138 Å². The van der Waals surface area contributed by atoms with Gasteiger partial charge in [0.2, 0.25) is 0 Å². The molecule has 5 heteroatoms. The predicted molar refractivity (Wildman–Crippen MR) is 93.5 cm³/mol. The van der Waals surface area contributed by atoms with E-state index in [4.69, 9.17) is 27.9 Å². The van der Waals surface area contributed by atoms with Crippen LogP contribution in [0.2, 0.25) is 0 Å². The summed E-state index contributed by atoms with van der Waals surface area (Å²) >= 11 is 14.0. The van der Waals surface area contributed by atoms with E-state index in [9.17, 15) is 0 Å². The number of nitrogens with zero attached hydrogens (tertiary/aromatic N) is 1. The largest absolute Gasteiger partial charge is 0.496 e. The molecule has 0 aliphatic carbocycles. The maximum Gasteiger partial charge on any atom is 0.129 e. The molecule has 0 aliphatic rings. The Bertz CT molecular complexity index is 755. The van der Waals surface area contributed by atoms with Gasteiger partial charge in [0.15, 0.2) is 0 Å². The van der Waals surface area contributed by atoms with Gasteiger partial charge in [0, 0.05) is 15.6 Å². The summed E-state index contributed by atoms with van der Waals surface area (Å²) in [6, 6.07) is 3.92. The summed E-state index contributed by atoms with van der Waals surface area (Å²) in [4.78, 5) is 4.61. The highest BCUT2D eigenvalue weighted by molar-refractivity contribution is 7.18. The van der Waals surface area contributed by atoms with E-state index in [1.807, 2.05) is 26.0 Å². The molecule has 0 N–H and O–H groups in total. The second kappa shape index (κ2) is 6.65. The fourth-order valence-electron chi connectivity index (χ4n) is 2.06. The average Bonchev–Trinajstić information content (AvgIpc) is 2.83. The van der Waals surface area contributed by atoms with Crippen LogP contribution in [-0.2, 0) is 0 Å². The molecule has 1 heterocycles. The van der Waals surface area contributed by atoms with E-state index >= 15 is 0 Å². The number of ether oxygens (including phenoxy) is 1. The molecule has 2 nitrogen and oxygen atoms in total. The van der Waals surface area contributed by atoms with Crippen LogP contribution in [0.15, 0.2) is 40.9 Å². The first-order chi connectivity index (χ1) is 9.97. The topological polar surface area (TPSA) is 22.1 Å². The number of aromatic nitrogens is 1. The fourth-order valence-corrected chi connectivity index (χ4v) is 3.15. The number of aryl methyl sites for hydroxylation is 1. The van der Waals surface area contributed by atoms with Crippen LogP contribution < -0.4 is 4.74 Å². The molecule has 0 atom stereocenters. The third kappa shape index (κ3) is 3.31. The number of methoxy groups -OCH3 is 1. The number of fused-ring (bicyclic) bond motifs is 1. The van der Waals surface area contributed by atoms with Crippen molar-refractivity contribution in [1.29, 1.82) is 0 Å². The second-order valence-electron chi connectivity index (χ2n) is 4.40. The zero-order valence-electron chi connectivity index (χ0n) is 12.0. The number of rotatable bonds is 4. The summed E-state index contributed by atoms with van der Waals surface area (Å²) < 4.78 is 6.57. The lowest BCUT2D eigenvalue weighted by atomic mass is 10.0. The monoisotopic (exact) mass is 339 g/mol. The molecule has 0 bridgehead atoms. The van der Waals surface area contributed by atoms with Crippen LogP contribution in [0.4, 0.5) is 0 Å². The maximum atomic E-state index is 6.28. The van der Waals surface area contributed by atoms with Crippen LogP contribution >= 0.6 is 34.5 Å². The van der Waals surface area contributed by atoms with E-state index in [0.717, 1.165) is 26.4 Å². The summed E-state index contributed by atoms with van der Waals surface area (Å²) in [7, 11) is 1.63. The third-order valence-electron chi connectivity index (χ3n) is 2.97. The van der Waals surface area contributed by atoms with Crippen molar-refractivity contribution in [3.63, 3.8) is 0 Å². The van der Waals surface area contributed by atoms with Gasteiger partial charge in [-0.1, -0.05) is 35.9 Å². The van der Waals surface area contributed by atoms with E-state index in [-0.39, 0.29) is 0 Å². The number of hydrogen-bond donors (Lipinski definition) is 0. The maximum absolute atomic E-state index is 6.28. The fraction of sp³-hybridized carbons (Fsp3) is 0.188. The zero-order valence-corrected chi connectivity index (χ0v) is 14.4. The highest BCUT2D eigenvalue weighted by atomic mass is 35.5. The van der Waals surface area contributed by atoms with E-state index in [1.54, 1.807) is 30.6 Å². The normalized spacial score (nSPS) is 13.3. The van der Waals surface area contributed by atoms with E-state index in [0.29, 0.717) is 15.8 Å². The molecule has 0 amide bonds. The van der Waals surface area contributed by atoms with Crippen molar-refractivity contribution in [2.75, 3.05) is 7.11 Å². The van der Waals surface area contributed by atoms with Crippen molar-refractivity contribution in [1.82, 2.24) is 4.98 Å². The Morgan fingerprint density at radius 3 is 2.67 bits per heavy atom. The molecule has 1 aromatic heterocycles. The molecule has 0 radical (unpaired) electrons. The Morgan fingerprint density at radius 1 is 1.38 bits per heavy atom. The molecule has 0 saturated heterocycles. The second-order valence-corrected chi connectivity index (χ2v) is 6.64. The molecular formula is C16H15Cl2NOS. The predicted octanol–water partition coefficient (Wildman–Crippen LogP) is 5.89. The summed E-state index contributed by atoms with van der Waals surface area (Å²) in [5, 5.41) is 2.12. The highest BCUT2D eigenvalue weighted by Crippen LogP contribution is 2.39. The quantitative estimate of drug-likeness (QED) is 0.647. The average molecular weight is 340 g/mol. The Kier molecular flexibility index (Phi) is 5.09. The summed E-state index contributed by atoms with van der Waals surface area (Å²) in [5.41, 5.74) is 2.51. The molecule has 21 heavy (non-hydrogen) atoms. The van der Waals surface area contributed by atoms with Crippen molar-refractivity contribution in [3.8, 4) is 5.75 Å². The third-order valence-corrected chi connectivity index (χ3v) is 4.37. The Morgan fingerprint density at radius 2 is 2.10 bits per heavy atom. The SMILES string of the molecule is C=C/C(Cl)=C\C(=C(/C)Cl)c1c(OC)ccc2sc(C)nc12. The van der Waals surface area contributed by atoms with Crippen LogP contribution in [0, 0.1) is 6.92 Å². The first-order valence-electron chi connectivity index (χ1n) is 6.28. The van der Waals surface area contributed by atoms with Gasteiger partial charge in [-0.3, -0.25) is 0 Å². The number of hydrogen-bond acceptors (Lipinski definition) is 3. The molecule has 0 saturated carbocycles. The van der Waals surface area contributed by atoms with Crippen LogP contribution in [0.25, 0.3) is 15.8 Å². The van der Waals surface area contributed by atoms with Gasteiger partial charge < -0.3 is 4.74 Å². The van der Waals surface area contributed by atoms with Crippen molar-refractivity contribution < 1.29 is 4.74 Å². The van der Waals surface area contributed by atoms with Crippen molar-refractivity contribution in [3.05, 3.63) is 51.5 Å². The number of benzene rings is 1. The summed E-state index contributed by atoms with van der Waals surface area (Å²) in [5.74, 6) is 0.715. The zero-order chi connectivity index (χ0) is 15.6. The number of thiazole rings is 1. The number of halogens is 2. The van der Waals surface area contributed by atoms with Crippen molar-refractivity contribution in [2.45, 2.75) is 13.8 Å². The minimum atomic E-state index is 0.510. The first-order valence-corrected chi connectivity index (χ1v) is 7.85. The van der Waals surface area contributed by atoms with Crippen molar-refractivity contribution >= 4 is 50.3 Å². The van der Waals surface area contributed by atoms with Crippen LogP contribution in [0.5, 0.6) is 5.75 Å². The van der Waals surface area contributed by atoms with Gasteiger partial charge in [0.05, 0.1) is 27.9 Å². The summed E-state index contributed by atoms with van der Waals surface area (Å²) in [6.07, 6.45) is 3.35. The summed E-state index contributed by atoms with van der Waals surface area (Å²) in [6.45, 7) is 7.46. The van der Waals surface area contributed by atoms with Crippen LogP contribution in [0.1, 0.15) is 17.5 Å². The van der Waals surface area contributed by atoms with E-state index in [1.165, 1.54) is 0 Å². The molecule has 0 fully saturated rings. The van der Waals surface area contributed by atoms with Gasteiger partial charge in [-0.05, 0) is 32.1 Å². The molecule has 1 aromatic carbocycles. The standard InChI is InChI=1S/C16H15Cl2NOS/c1-5-11(18)8-12(9(2)17)15-13(20-4)6-7-14-16(15)19-10(3)21-14/h5-8H,1H2,2-4H3/b11-8+,12-9-. The van der Waals surface area contributed by atoms with Crippen molar-refractivity contribution in [2.24, 2.45) is 0 Å². The van der Waals surface area contributed by atoms with Gasteiger partial charge >= 0.3 is 0 Å². The Hall–Kier alpha value is -1.29. The highest BCUT2D eigenvalue weighted by Gasteiger charge is 2.17. The molecule has 2 aromatic rings. The lowest BCUT2D eigenvalue weighted by Gasteiger charge is -2.11. The van der Waals surface area contributed by atoms with Gasteiger partial charge in [0.1, 0.15) is 5.75 Å². The molecular weight excluding hydrogens is 325 g/mol. The van der Waals surface area contributed by atoms with E-state index < -0.39 is 0 Å². The van der Waals surface area contributed by atoms with Gasteiger partial charge in [-0.25, -0.2) is 4.98 Å². The van der Waals surface area contributed by atoms with Crippen LogP contribution in [0.3, 0.4) is 0 Å². The minimum absolute atomic E-state index is 0.510. The molecule has 0 spiro atoms. The lowest BCUT2D eigenvalue weighted by Crippen LogP contribution is -1.93. The molecule has 2 rings (SSSR count). The van der Waals surface area contributed by atoms with Gasteiger partial charge in [0.25, 0.3) is 0 Å². The van der Waals surface area contributed by atoms with Gasteiger partial charge in [-0.15, -0.1) is 11.3 Å². The first kappa shape index (κ1) is 16.1. The smallest absolute Gasteiger partial charge is 0.129 e. The molecule has 0 aliphatic heterocycles. The molecule has 0 unspecified atom stereocenters. The lowest BCUT2D eigenvalue weighted by molar-refractivity contribution is 0.414. The van der Waals surface area contributed by atoms with Crippen LogP contribution in [-0.4, -0.2) is 12.1 Å². The minimum Gasteiger partial charge on any atom is -0.496 e. The number of allylic oxidation sites excluding steroid dienone is 5.